The Hall–Kier alpha value is -4.63. The minimum absolute atomic E-state index is 0.000243. The molecule has 0 bridgehead atoms. The summed E-state index contributed by atoms with van der Waals surface area (Å²) >= 11 is 0. The zero-order chi connectivity index (χ0) is 30.7. The molecule has 0 spiro atoms. The molecule has 7 aromatic rings. The number of hydrogen-bond acceptors (Lipinski definition) is 2. The first-order chi connectivity index (χ1) is 21.1. The van der Waals surface area contributed by atoms with E-state index in [2.05, 4.69) is 156 Å². The lowest BCUT2D eigenvalue weighted by Gasteiger charge is -2.27. The summed E-state index contributed by atoms with van der Waals surface area (Å²) < 4.78 is 9.11. The van der Waals surface area contributed by atoms with Crippen LogP contribution in [0, 0.1) is 0 Å². The molecular formula is C41H40N2O. The largest absolute Gasteiger partial charge is 0.455 e. The second kappa shape index (κ2) is 10.5. The maximum absolute atomic E-state index is 6.72. The van der Waals surface area contributed by atoms with Gasteiger partial charge >= 0.3 is 0 Å². The molecule has 3 heteroatoms. The van der Waals surface area contributed by atoms with Crippen LogP contribution in [0.15, 0.2) is 108 Å². The first-order valence-electron chi connectivity index (χ1n) is 15.8. The van der Waals surface area contributed by atoms with Crippen molar-refractivity contribution in [2.75, 3.05) is 0 Å². The van der Waals surface area contributed by atoms with E-state index in [0.29, 0.717) is 11.8 Å². The summed E-state index contributed by atoms with van der Waals surface area (Å²) in [5.41, 5.74) is 12.3. The third kappa shape index (κ3) is 4.63. The molecule has 220 valence electrons. The lowest BCUT2D eigenvalue weighted by atomic mass is 9.81. The van der Waals surface area contributed by atoms with Crippen LogP contribution in [0.3, 0.4) is 0 Å². The van der Waals surface area contributed by atoms with Gasteiger partial charge in [0, 0.05) is 16.3 Å². The van der Waals surface area contributed by atoms with E-state index in [-0.39, 0.29) is 5.41 Å². The second-order valence-electron chi connectivity index (χ2n) is 13.7. The maximum Gasteiger partial charge on any atom is 0.149 e. The van der Waals surface area contributed by atoms with Gasteiger partial charge < -0.3 is 4.42 Å². The second-order valence-corrected chi connectivity index (χ2v) is 13.7. The average molecular weight is 577 g/mol. The fraction of sp³-hybridized carbons (Fsp3) is 0.244. The minimum Gasteiger partial charge on any atom is -0.455 e. The third-order valence-electron chi connectivity index (χ3n) is 8.93. The predicted molar refractivity (Wildman–Crippen MR) is 186 cm³/mol. The van der Waals surface area contributed by atoms with Gasteiger partial charge in [0.1, 0.15) is 17.0 Å². The molecule has 0 saturated carbocycles. The molecular weight excluding hydrogens is 536 g/mol. The number of para-hydroxylation sites is 3. The highest BCUT2D eigenvalue weighted by molar-refractivity contribution is 6.09. The number of imidazole rings is 1. The van der Waals surface area contributed by atoms with Crippen molar-refractivity contribution in [3.63, 3.8) is 0 Å². The van der Waals surface area contributed by atoms with Crippen LogP contribution < -0.4 is 0 Å². The summed E-state index contributed by atoms with van der Waals surface area (Å²) in [7, 11) is 0. The van der Waals surface area contributed by atoms with E-state index in [1.165, 1.54) is 33.5 Å². The Morgan fingerprint density at radius 3 is 2.16 bits per heavy atom. The number of aromatic nitrogens is 2. The Kier molecular flexibility index (Phi) is 6.73. The fourth-order valence-electron chi connectivity index (χ4n) is 6.40. The monoisotopic (exact) mass is 576 g/mol. The van der Waals surface area contributed by atoms with E-state index in [9.17, 15) is 0 Å². The van der Waals surface area contributed by atoms with Crippen LogP contribution in [0.25, 0.3) is 61.2 Å². The lowest BCUT2D eigenvalue weighted by Crippen LogP contribution is -2.14. The summed E-state index contributed by atoms with van der Waals surface area (Å²) in [5, 5.41) is 2.25. The van der Waals surface area contributed by atoms with Gasteiger partial charge in [-0.15, -0.1) is 0 Å². The summed E-state index contributed by atoms with van der Waals surface area (Å²) in [6.45, 7) is 15.9. The molecule has 3 nitrogen and oxygen atoms in total. The van der Waals surface area contributed by atoms with Crippen molar-refractivity contribution in [3.8, 4) is 28.2 Å². The van der Waals surface area contributed by atoms with E-state index in [1.807, 2.05) is 0 Å². The molecule has 0 N–H and O–H groups in total. The number of rotatable bonds is 5. The van der Waals surface area contributed by atoms with Crippen molar-refractivity contribution < 1.29 is 4.42 Å². The van der Waals surface area contributed by atoms with Gasteiger partial charge in [-0.05, 0) is 69.8 Å². The number of hydrogen-bond donors (Lipinski definition) is 0. The van der Waals surface area contributed by atoms with Crippen molar-refractivity contribution in [1.82, 2.24) is 9.55 Å². The Morgan fingerprint density at radius 1 is 0.682 bits per heavy atom. The van der Waals surface area contributed by atoms with Crippen LogP contribution in [0.4, 0.5) is 0 Å². The van der Waals surface area contributed by atoms with Gasteiger partial charge in [-0.25, -0.2) is 4.98 Å². The molecule has 7 rings (SSSR count). The van der Waals surface area contributed by atoms with E-state index >= 15 is 0 Å². The molecule has 2 aromatic heterocycles. The first-order valence-corrected chi connectivity index (χ1v) is 15.8. The summed E-state index contributed by atoms with van der Waals surface area (Å²) in [4.78, 5) is 5.33. The average Bonchev–Trinajstić information content (AvgIpc) is 3.58. The van der Waals surface area contributed by atoms with Crippen LogP contribution in [0.2, 0.25) is 0 Å². The van der Waals surface area contributed by atoms with Crippen LogP contribution in [0.5, 0.6) is 0 Å². The highest BCUT2D eigenvalue weighted by atomic mass is 16.3. The van der Waals surface area contributed by atoms with Gasteiger partial charge in [0.05, 0.1) is 22.3 Å². The standard InChI is InChI=1S/C41H40N2O/c1-25(2)28-20-21-30-31-16-13-17-32(39(31)44-37(30)22-28)40-42-35-18-11-12-19-36(35)43(40)38-33(26(3)4)23-29(41(5,6)7)24-34(38)27-14-9-8-10-15-27/h8-26H,1-7H3. The Bertz CT molecular complexity index is 2150. The predicted octanol–water partition coefficient (Wildman–Crippen LogP) is 11.8. The van der Waals surface area contributed by atoms with Crippen LogP contribution >= 0.6 is 0 Å². The zero-order valence-corrected chi connectivity index (χ0v) is 26.8. The lowest BCUT2D eigenvalue weighted by molar-refractivity contribution is 0.588. The van der Waals surface area contributed by atoms with E-state index in [1.54, 1.807) is 0 Å². The zero-order valence-electron chi connectivity index (χ0n) is 26.8. The van der Waals surface area contributed by atoms with Crippen molar-refractivity contribution in [2.24, 2.45) is 0 Å². The Labute approximate surface area is 260 Å². The van der Waals surface area contributed by atoms with Crippen LogP contribution in [-0.2, 0) is 5.41 Å². The summed E-state index contributed by atoms with van der Waals surface area (Å²) in [6.07, 6.45) is 0. The molecule has 2 heterocycles. The third-order valence-corrected chi connectivity index (χ3v) is 8.93. The van der Waals surface area contributed by atoms with E-state index in [0.717, 1.165) is 44.4 Å². The molecule has 0 unspecified atom stereocenters. The molecule has 5 aromatic carbocycles. The molecule has 0 aliphatic rings. The molecule has 0 fully saturated rings. The van der Waals surface area contributed by atoms with Gasteiger partial charge in [0.15, 0.2) is 0 Å². The number of nitrogens with zero attached hydrogens (tertiary/aromatic N) is 2. The molecule has 0 amide bonds. The summed E-state index contributed by atoms with van der Waals surface area (Å²) in [5.74, 6) is 1.61. The van der Waals surface area contributed by atoms with Crippen LogP contribution in [-0.4, -0.2) is 9.55 Å². The van der Waals surface area contributed by atoms with E-state index in [4.69, 9.17) is 9.40 Å². The van der Waals surface area contributed by atoms with Crippen molar-refractivity contribution >= 4 is 33.0 Å². The SMILES string of the molecule is CC(C)c1ccc2c(c1)oc1c(-c3nc4ccccc4n3-c3c(-c4ccccc4)cc(C(C)(C)C)cc3C(C)C)cccc12. The first kappa shape index (κ1) is 28.2. The molecule has 44 heavy (non-hydrogen) atoms. The van der Waals surface area contributed by atoms with Crippen molar-refractivity contribution in [1.29, 1.82) is 0 Å². The van der Waals surface area contributed by atoms with Crippen molar-refractivity contribution in [3.05, 3.63) is 120 Å². The highest BCUT2D eigenvalue weighted by Crippen LogP contribution is 2.43. The Morgan fingerprint density at radius 2 is 1.43 bits per heavy atom. The number of furan rings is 1. The maximum atomic E-state index is 6.72. The van der Waals surface area contributed by atoms with E-state index < -0.39 is 0 Å². The fourth-order valence-corrected chi connectivity index (χ4v) is 6.40. The molecule has 0 saturated heterocycles. The Balaban J connectivity index is 1.61. The number of fused-ring (bicyclic) bond motifs is 4. The quantitative estimate of drug-likeness (QED) is 0.204. The van der Waals surface area contributed by atoms with Gasteiger partial charge in [-0.3, -0.25) is 4.57 Å². The topological polar surface area (TPSA) is 31.0 Å². The van der Waals surface area contributed by atoms with Gasteiger partial charge in [0.25, 0.3) is 0 Å². The molecule has 0 aliphatic heterocycles. The van der Waals surface area contributed by atoms with Gasteiger partial charge in [0.2, 0.25) is 0 Å². The molecule has 0 radical (unpaired) electrons. The highest BCUT2D eigenvalue weighted by Gasteiger charge is 2.26. The normalized spacial score (nSPS) is 12.4. The van der Waals surface area contributed by atoms with Crippen molar-refractivity contribution in [2.45, 2.75) is 65.7 Å². The van der Waals surface area contributed by atoms with Gasteiger partial charge in [-0.1, -0.05) is 121 Å². The smallest absolute Gasteiger partial charge is 0.149 e. The minimum atomic E-state index is 0.000243. The summed E-state index contributed by atoms with van der Waals surface area (Å²) in [6, 6.07) is 37.2. The van der Waals surface area contributed by atoms with Gasteiger partial charge in [-0.2, -0.15) is 0 Å². The molecule has 0 atom stereocenters. The number of benzene rings is 5. The molecule has 0 aliphatic carbocycles. The van der Waals surface area contributed by atoms with Crippen LogP contribution in [0.1, 0.15) is 77.0 Å².